The molecular formula is C25H31ClN4O2. The lowest BCUT2D eigenvalue weighted by Gasteiger charge is -2.40. The molecule has 0 spiro atoms. The average molecular weight is 455 g/mol. The highest BCUT2D eigenvalue weighted by Crippen LogP contribution is 2.14. The lowest BCUT2D eigenvalue weighted by atomic mass is 10.1. The molecule has 0 N–H and O–H groups in total. The quantitative estimate of drug-likeness (QED) is 0.503. The number of nitrogens with zero attached hydrogens (tertiary/aromatic N) is 4. The van der Waals surface area contributed by atoms with Crippen molar-refractivity contribution < 1.29 is 9.47 Å². The van der Waals surface area contributed by atoms with Crippen LogP contribution in [0.3, 0.4) is 0 Å². The fraction of sp³-hybridized carbons (Fsp3) is 0.440. The molecule has 1 aliphatic heterocycles. The summed E-state index contributed by atoms with van der Waals surface area (Å²) in [4.78, 5) is 5.04. The largest absolute Gasteiger partial charge is 0.494 e. The van der Waals surface area contributed by atoms with Crippen molar-refractivity contribution in [2.75, 3.05) is 45.9 Å². The summed E-state index contributed by atoms with van der Waals surface area (Å²) in [5.74, 6) is 1.64. The van der Waals surface area contributed by atoms with E-state index in [1.807, 2.05) is 24.3 Å². The molecule has 1 unspecified atom stereocenters. The van der Waals surface area contributed by atoms with Gasteiger partial charge in [0.15, 0.2) is 0 Å². The molecule has 0 aromatic heterocycles. The Labute approximate surface area is 197 Å². The molecule has 0 bridgehead atoms. The van der Waals surface area contributed by atoms with E-state index < -0.39 is 0 Å². The van der Waals surface area contributed by atoms with Crippen molar-refractivity contribution in [2.24, 2.45) is 0 Å². The summed E-state index contributed by atoms with van der Waals surface area (Å²) < 4.78 is 11.6. The smallest absolute Gasteiger partial charge is 0.119 e. The standard InChI is InChI=1S/C25H30N4O2.ClH/c1-21-20-28(12-2-16-30-24-8-4-22(18-26)5-9-24)14-15-29(21)13-3-17-31-25-10-6-23(19-27)7-11-25;/h4-11,21H,2-3,12-17,20H2,1H3;1H. The van der Waals surface area contributed by atoms with Crippen LogP contribution in [0.1, 0.15) is 30.9 Å². The van der Waals surface area contributed by atoms with Crippen LogP contribution in [0.5, 0.6) is 11.5 Å². The van der Waals surface area contributed by atoms with E-state index in [1.165, 1.54) is 0 Å². The van der Waals surface area contributed by atoms with Gasteiger partial charge in [0.05, 0.1) is 36.5 Å². The van der Waals surface area contributed by atoms with Gasteiger partial charge in [-0.3, -0.25) is 4.90 Å². The van der Waals surface area contributed by atoms with Crippen molar-refractivity contribution >= 4 is 12.4 Å². The normalized spacial score (nSPS) is 16.4. The van der Waals surface area contributed by atoms with E-state index >= 15 is 0 Å². The monoisotopic (exact) mass is 454 g/mol. The van der Waals surface area contributed by atoms with Gasteiger partial charge < -0.3 is 14.4 Å². The first kappa shape index (κ1) is 25.5. The highest BCUT2D eigenvalue weighted by atomic mass is 35.5. The van der Waals surface area contributed by atoms with Gasteiger partial charge in [0.2, 0.25) is 0 Å². The van der Waals surface area contributed by atoms with Gasteiger partial charge in [-0.25, -0.2) is 0 Å². The van der Waals surface area contributed by atoms with E-state index in [1.54, 1.807) is 24.3 Å². The molecule has 7 heteroatoms. The third-order valence-electron chi connectivity index (χ3n) is 5.56. The van der Waals surface area contributed by atoms with Crippen LogP contribution in [0.25, 0.3) is 0 Å². The molecule has 0 amide bonds. The minimum Gasteiger partial charge on any atom is -0.494 e. The average Bonchev–Trinajstić information content (AvgIpc) is 2.81. The number of ether oxygens (including phenoxy) is 2. The summed E-state index contributed by atoms with van der Waals surface area (Å²) >= 11 is 0. The predicted molar refractivity (Wildman–Crippen MR) is 127 cm³/mol. The van der Waals surface area contributed by atoms with Crippen LogP contribution >= 0.6 is 12.4 Å². The molecular weight excluding hydrogens is 424 g/mol. The third-order valence-corrected chi connectivity index (χ3v) is 5.56. The molecule has 0 aliphatic carbocycles. The summed E-state index contributed by atoms with van der Waals surface area (Å²) in [6, 6.07) is 19.3. The molecule has 6 nitrogen and oxygen atoms in total. The van der Waals surface area contributed by atoms with Crippen LogP contribution in [0.15, 0.2) is 48.5 Å². The Bertz CT molecular complexity index is 890. The first-order chi connectivity index (χ1) is 15.2. The highest BCUT2D eigenvalue weighted by Gasteiger charge is 2.22. The Balaban J connectivity index is 0.00000363. The number of halogens is 1. The summed E-state index contributed by atoms with van der Waals surface area (Å²) in [6.07, 6.45) is 1.98. The molecule has 1 heterocycles. The zero-order valence-electron chi connectivity index (χ0n) is 18.6. The van der Waals surface area contributed by atoms with Gasteiger partial charge in [0.25, 0.3) is 0 Å². The summed E-state index contributed by atoms with van der Waals surface area (Å²) in [6.45, 7) is 8.97. The maximum absolute atomic E-state index is 8.84. The Morgan fingerprint density at radius 1 is 0.812 bits per heavy atom. The summed E-state index contributed by atoms with van der Waals surface area (Å²) in [5, 5.41) is 17.7. The van der Waals surface area contributed by atoms with Crippen LogP contribution in [0.4, 0.5) is 0 Å². The van der Waals surface area contributed by atoms with Crippen molar-refractivity contribution in [3.05, 3.63) is 59.7 Å². The minimum atomic E-state index is 0. The van der Waals surface area contributed by atoms with Crippen LogP contribution in [-0.2, 0) is 0 Å². The fourth-order valence-electron chi connectivity index (χ4n) is 3.79. The van der Waals surface area contributed by atoms with E-state index in [2.05, 4.69) is 28.9 Å². The van der Waals surface area contributed by atoms with E-state index in [0.29, 0.717) is 30.4 Å². The number of benzene rings is 2. The van der Waals surface area contributed by atoms with Crippen LogP contribution in [0.2, 0.25) is 0 Å². The zero-order valence-corrected chi connectivity index (χ0v) is 19.4. The molecule has 2 aromatic carbocycles. The van der Waals surface area contributed by atoms with Gasteiger partial charge in [0, 0.05) is 38.8 Å². The second kappa shape index (κ2) is 13.6. The molecule has 0 radical (unpaired) electrons. The van der Waals surface area contributed by atoms with E-state index in [4.69, 9.17) is 20.0 Å². The number of hydrogen-bond donors (Lipinski definition) is 0. The summed E-state index contributed by atoms with van der Waals surface area (Å²) in [5.41, 5.74) is 1.31. The topological polar surface area (TPSA) is 72.5 Å². The van der Waals surface area contributed by atoms with Crippen molar-refractivity contribution in [1.82, 2.24) is 9.80 Å². The maximum Gasteiger partial charge on any atom is 0.119 e. The SMILES string of the molecule is CC1CN(CCCOc2ccc(C#N)cc2)CCN1CCCOc1ccc(C#N)cc1.Cl. The number of rotatable bonds is 10. The predicted octanol–water partition coefficient (Wildman–Crippen LogP) is 4.10. The van der Waals surface area contributed by atoms with Crippen LogP contribution < -0.4 is 9.47 Å². The molecule has 170 valence electrons. The molecule has 1 atom stereocenters. The van der Waals surface area contributed by atoms with Crippen molar-refractivity contribution in [3.8, 4) is 23.6 Å². The second-order valence-corrected chi connectivity index (χ2v) is 7.86. The molecule has 3 rings (SSSR count). The minimum absolute atomic E-state index is 0. The van der Waals surface area contributed by atoms with Crippen LogP contribution in [-0.4, -0.2) is 61.8 Å². The third kappa shape index (κ3) is 8.05. The van der Waals surface area contributed by atoms with E-state index in [-0.39, 0.29) is 12.4 Å². The molecule has 32 heavy (non-hydrogen) atoms. The van der Waals surface area contributed by atoms with Gasteiger partial charge in [-0.2, -0.15) is 10.5 Å². The fourth-order valence-corrected chi connectivity index (χ4v) is 3.79. The second-order valence-electron chi connectivity index (χ2n) is 7.86. The Morgan fingerprint density at radius 2 is 1.31 bits per heavy atom. The molecule has 2 aromatic rings. The van der Waals surface area contributed by atoms with Crippen molar-refractivity contribution in [2.45, 2.75) is 25.8 Å². The van der Waals surface area contributed by atoms with E-state index in [9.17, 15) is 0 Å². The Kier molecular flexibility index (Phi) is 10.8. The van der Waals surface area contributed by atoms with E-state index in [0.717, 1.165) is 57.1 Å². The Hall–Kier alpha value is -2.77. The van der Waals surface area contributed by atoms with Crippen molar-refractivity contribution in [3.63, 3.8) is 0 Å². The molecule has 1 saturated heterocycles. The Morgan fingerprint density at radius 3 is 1.78 bits per heavy atom. The van der Waals surface area contributed by atoms with Gasteiger partial charge in [-0.05, 0) is 68.3 Å². The first-order valence-electron chi connectivity index (χ1n) is 10.9. The number of piperazine rings is 1. The lowest BCUT2D eigenvalue weighted by Crippen LogP contribution is -2.52. The maximum atomic E-state index is 8.84. The first-order valence-corrected chi connectivity index (χ1v) is 10.9. The van der Waals surface area contributed by atoms with Gasteiger partial charge in [-0.1, -0.05) is 0 Å². The number of nitriles is 2. The lowest BCUT2D eigenvalue weighted by molar-refractivity contribution is 0.0757. The van der Waals surface area contributed by atoms with Crippen molar-refractivity contribution in [1.29, 1.82) is 10.5 Å². The summed E-state index contributed by atoms with van der Waals surface area (Å²) in [7, 11) is 0. The highest BCUT2D eigenvalue weighted by molar-refractivity contribution is 5.85. The molecule has 0 saturated carbocycles. The van der Waals surface area contributed by atoms with Gasteiger partial charge in [-0.15, -0.1) is 12.4 Å². The molecule has 1 fully saturated rings. The zero-order chi connectivity index (χ0) is 21.9. The van der Waals surface area contributed by atoms with Crippen LogP contribution in [0, 0.1) is 22.7 Å². The van der Waals surface area contributed by atoms with Gasteiger partial charge in [0.1, 0.15) is 11.5 Å². The van der Waals surface area contributed by atoms with Gasteiger partial charge >= 0.3 is 0 Å². The molecule has 1 aliphatic rings. The number of hydrogen-bond acceptors (Lipinski definition) is 6.